The highest BCUT2D eigenvalue weighted by molar-refractivity contribution is 5.99. The van der Waals surface area contributed by atoms with Gasteiger partial charge < -0.3 is 9.64 Å². The minimum atomic E-state index is -0.504. The first-order valence-electron chi connectivity index (χ1n) is 9.53. The number of nitrogens with zero attached hydrogens (tertiary/aromatic N) is 1. The molecule has 1 aliphatic rings. The van der Waals surface area contributed by atoms with Crippen molar-refractivity contribution in [3.05, 3.63) is 70.8 Å². The fourth-order valence-corrected chi connectivity index (χ4v) is 3.51. The lowest BCUT2D eigenvalue weighted by Crippen LogP contribution is -2.29. The maximum absolute atomic E-state index is 12.3. The maximum Gasteiger partial charge on any atom is 0.311 e. The Hall–Kier alpha value is -2.95. The molecule has 1 saturated heterocycles. The standard InChI is InChI=1S/C23H25NO4/c1-16-8-9-20(17(2)12-16)21(25)15-28-23(27)19-13-22(26)24(14-19)11-10-18-6-4-3-5-7-18/h3-9,12,19H,10-11,13-15H2,1-2H3/t19-/m0/s1. The number of aryl methyl sites for hydroxylation is 2. The van der Waals surface area contributed by atoms with Gasteiger partial charge in [-0.05, 0) is 31.4 Å². The van der Waals surface area contributed by atoms with Crippen LogP contribution in [0.25, 0.3) is 0 Å². The van der Waals surface area contributed by atoms with Crippen molar-refractivity contribution in [1.29, 1.82) is 0 Å². The molecule has 1 amide bonds. The van der Waals surface area contributed by atoms with E-state index in [0.717, 1.165) is 23.1 Å². The van der Waals surface area contributed by atoms with Crippen LogP contribution >= 0.6 is 0 Å². The number of carbonyl (C=O) groups excluding carboxylic acids is 3. The number of ether oxygens (including phenoxy) is 1. The van der Waals surface area contributed by atoms with Gasteiger partial charge in [-0.2, -0.15) is 0 Å². The molecule has 1 atom stereocenters. The van der Waals surface area contributed by atoms with E-state index in [1.54, 1.807) is 11.0 Å². The average Bonchev–Trinajstić information content (AvgIpc) is 3.06. The number of Topliss-reactive ketones (excluding diaryl/α,β-unsaturated/α-hetero) is 1. The maximum atomic E-state index is 12.3. The number of ketones is 1. The van der Waals surface area contributed by atoms with Crippen molar-refractivity contribution in [1.82, 2.24) is 4.90 Å². The minimum absolute atomic E-state index is 0.0430. The van der Waals surface area contributed by atoms with Gasteiger partial charge in [0.2, 0.25) is 11.7 Å². The molecular weight excluding hydrogens is 354 g/mol. The van der Waals surface area contributed by atoms with E-state index >= 15 is 0 Å². The van der Waals surface area contributed by atoms with Crippen LogP contribution in [0.15, 0.2) is 48.5 Å². The van der Waals surface area contributed by atoms with Crippen LogP contribution in [0.5, 0.6) is 0 Å². The van der Waals surface area contributed by atoms with Gasteiger partial charge in [0, 0.05) is 25.1 Å². The van der Waals surface area contributed by atoms with Gasteiger partial charge in [-0.1, -0.05) is 54.1 Å². The van der Waals surface area contributed by atoms with Crippen molar-refractivity contribution in [2.24, 2.45) is 5.92 Å². The molecule has 1 heterocycles. The molecule has 0 radical (unpaired) electrons. The summed E-state index contributed by atoms with van der Waals surface area (Å²) in [7, 11) is 0. The van der Waals surface area contributed by atoms with E-state index in [0.29, 0.717) is 18.7 Å². The number of likely N-dealkylation sites (tertiary alicyclic amines) is 1. The molecule has 0 aromatic heterocycles. The zero-order chi connectivity index (χ0) is 20.1. The van der Waals surface area contributed by atoms with Crippen LogP contribution in [0.4, 0.5) is 0 Å². The average molecular weight is 379 g/mol. The van der Waals surface area contributed by atoms with Gasteiger partial charge in [0.05, 0.1) is 5.92 Å². The van der Waals surface area contributed by atoms with Crippen molar-refractivity contribution < 1.29 is 19.1 Å². The van der Waals surface area contributed by atoms with Crippen LogP contribution in [0.2, 0.25) is 0 Å². The summed E-state index contributed by atoms with van der Waals surface area (Å²) in [5.41, 5.74) is 3.65. The molecule has 1 fully saturated rings. The van der Waals surface area contributed by atoms with Crippen molar-refractivity contribution >= 4 is 17.7 Å². The monoisotopic (exact) mass is 379 g/mol. The molecule has 1 aliphatic heterocycles. The zero-order valence-corrected chi connectivity index (χ0v) is 16.3. The summed E-state index contributed by atoms with van der Waals surface area (Å²) in [4.78, 5) is 38.6. The highest BCUT2D eigenvalue weighted by Crippen LogP contribution is 2.20. The Morgan fingerprint density at radius 2 is 1.86 bits per heavy atom. The second kappa shape index (κ2) is 8.83. The van der Waals surface area contributed by atoms with Crippen LogP contribution in [0.1, 0.15) is 33.5 Å². The molecule has 2 aromatic carbocycles. The molecule has 0 N–H and O–H groups in total. The SMILES string of the molecule is Cc1ccc(C(=O)COC(=O)[C@H]2CC(=O)N(CCc3ccccc3)C2)c(C)c1. The number of carbonyl (C=O) groups is 3. The van der Waals surface area contributed by atoms with Gasteiger partial charge in [0.25, 0.3) is 0 Å². The first-order valence-corrected chi connectivity index (χ1v) is 9.53. The minimum Gasteiger partial charge on any atom is -0.457 e. The van der Waals surface area contributed by atoms with Gasteiger partial charge in [0.15, 0.2) is 6.61 Å². The number of benzene rings is 2. The van der Waals surface area contributed by atoms with E-state index in [1.807, 2.05) is 56.3 Å². The van der Waals surface area contributed by atoms with Crippen LogP contribution in [0, 0.1) is 19.8 Å². The molecule has 2 aromatic rings. The predicted molar refractivity (Wildman–Crippen MR) is 106 cm³/mol. The molecule has 3 rings (SSSR count). The Bertz CT molecular complexity index is 875. The predicted octanol–water partition coefficient (Wildman–Crippen LogP) is 3.12. The Labute approximate surface area is 165 Å². The molecule has 0 unspecified atom stereocenters. The summed E-state index contributed by atoms with van der Waals surface area (Å²) < 4.78 is 5.22. The summed E-state index contributed by atoms with van der Waals surface area (Å²) in [6.07, 6.45) is 0.894. The summed E-state index contributed by atoms with van der Waals surface area (Å²) in [6.45, 7) is 4.46. The number of hydrogen-bond donors (Lipinski definition) is 0. The zero-order valence-electron chi connectivity index (χ0n) is 16.3. The number of rotatable bonds is 7. The van der Waals surface area contributed by atoms with E-state index in [1.165, 1.54) is 0 Å². The largest absolute Gasteiger partial charge is 0.457 e. The van der Waals surface area contributed by atoms with Crippen LogP contribution < -0.4 is 0 Å². The summed E-state index contributed by atoms with van der Waals surface area (Å²) >= 11 is 0. The van der Waals surface area contributed by atoms with Crippen molar-refractivity contribution in [3.63, 3.8) is 0 Å². The fourth-order valence-electron chi connectivity index (χ4n) is 3.51. The molecule has 5 nitrogen and oxygen atoms in total. The van der Waals surface area contributed by atoms with Crippen LogP contribution in [-0.2, 0) is 20.7 Å². The highest BCUT2D eigenvalue weighted by atomic mass is 16.5. The summed E-state index contributed by atoms with van der Waals surface area (Å²) in [5, 5.41) is 0. The van der Waals surface area contributed by atoms with E-state index in [2.05, 4.69) is 0 Å². The first-order chi connectivity index (χ1) is 13.4. The first kappa shape index (κ1) is 19.8. The van der Waals surface area contributed by atoms with Crippen LogP contribution in [0.3, 0.4) is 0 Å². The lowest BCUT2D eigenvalue weighted by Gasteiger charge is -2.16. The van der Waals surface area contributed by atoms with E-state index in [-0.39, 0.29) is 24.7 Å². The third kappa shape index (κ3) is 4.85. The second-order valence-electron chi connectivity index (χ2n) is 7.33. The molecule has 5 heteroatoms. The van der Waals surface area contributed by atoms with Gasteiger partial charge in [0.1, 0.15) is 0 Å². The van der Waals surface area contributed by atoms with Gasteiger partial charge in [-0.3, -0.25) is 14.4 Å². The van der Waals surface area contributed by atoms with E-state index in [9.17, 15) is 14.4 Å². The fraction of sp³-hybridized carbons (Fsp3) is 0.348. The molecule has 0 aliphatic carbocycles. The van der Waals surface area contributed by atoms with E-state index < -0.39 is 11.9 Å². The highest BCUT2D eigenvalue weighted by Gasteiger charge is 2.35. The Morgan fingerprint density at radius 3 is 2.57 bits per heavy atom. The van der Waals surface area contributed by atoms with Crippen molar-refractivity contribution in [2.75, 3.05) is 19.7 Å². The Balaban J connectivity index is 1.49. The summed E-state index contributed by atoms with van der Waals surface area (Å²) in [5.74, 6) is -1.25. The molecule has 146 valence electrons. The van der Waals surface area contributed by atoms with Gasteiger partial charge in [-0.25, -0.2) is 0 Å². The lowest BCUT2D eigenvalue weighted by molar-refractivity contribution is -0.147. The summed E-state index contributed by atoms with van der Waals surface area (Å²) in [6, 6.07) is 15.5. The molecular formula is C23H25NO4. The lowest BCUT2D eigenvalue weighted by atomic mass is 10.0. The third-order valence-electron chi connectivity index (χ3n) is 5.09. The quantitative estimate of drug-likeness (QED) is 0.548. The van der Waals surface area contributed by atoms with Gasteiger partial charge in [-0.15, -0.1) is 0 Å². The molecule has 0 bridgehead atoms. The van der Waals surface area contributed by atoms with E-state index in [4.69, 9.17) is 4.74 Å². The third-order valence-corrected chi connectivity index (χ3v) is 5.09. The van der Waals surface area contributed by atoms with Crippen LogP contribution in [-0.4, -0.2) is 42.3 Å². The topological polar surface area (TPSA) is 63.7 Å². The van der Waals surface area contributed by atoms with Crippen molar-refractivity contribution in [2.45, 2.75) is 26.7 Å². The molecule has 0 saturated carbocycles. The smallest absolute Gasteiger partial charge is 0.311 e. The number of amides is 1. The van der Waals surface area contributed by atoms with Crippen molar-refractivity contribution in [3.8, 4) is 0 Å². The number of hydrogen-bond acceptors (Lipinski definition) is 4. The molecule has 0 spiro atoms. The second-order valence-corrected chi connectivity index (χ2v) is 7.33. The van der Waals surface area contributed by atoms with Gasteiger partial charge >= 0.3 is 5.97 Å². The Morgan fingerprint density at radius 1 is 1.11 bits per heavy atom. The Kier molecular flexibility index (Phi) is 6.24. The molecule has 28 heavy (non-hydrogen) atoms. The number of esters is 1. The normalized spacial score (nSPS) is 16.3.